The number of hydrogen-bond acceptors (Lipinski definition) is 10. The minimum absolute atomic E-state index is 0.0357. The summed E-state index contributed by atoms with van der Waals surface area (Å²) in [5.74, 6) is -4.15. The van der Waals surface area contributed by atoms with Crippen molar-refractivity contribution in [2.24, 2.45) is 10.9 Å². The molecular weight excluding hydrogens is 424 g/mol. The lowest BCUT2D eigenvalue weighted by molar-refractivity contribution is -0.384. The Hall–Kier alpha value is -4.02. The first-order valence-electron chi connectivity index (χ1n) is 9.48. The molecule has 0 aliphatic carbocycles. The number of nitro groups is 1. The molecule has 1 aliphatic rings. The summed E-state index contributed by atoms with van der Waals surface area (Å²) in [5, 5.41) is 11.3. The van der Waals surface area contributed by atoms with Gasteiger partial charge in [0.05, 0.1) is 17.6 Å². The molecule has 1 aromatic carbocycles. The molecule has 0 bridgehead atoms. The number of ether oxygens (including phenoxy) is 2. The summed E-state index contributed by atoms with van der Waals surface area (Å²) in [6, 6.07) is 5.63. The van der Waals surface area contributed by atoms with Gasteiger partial charge >= 0.3 is 17.8 Å². The van der Waals surface area contributed by atoms with Crippen LogP contribution in [0.1, 0.15) is 36.8 Å². The summed E-state index contributed by atoms with van der Waals surface area (Å²) in [5.41, 5.74) is 0.859. The second kappa shape index (κ2) is 9.00. The van der Waals surface area contributed by atoms with Crippen LogP contribution in [0.25, 0.3) is 0 Å². The Labute approximate surface area is 181 Å². The smallest absolute Gasteiger partial charge is 0.468 e. The Kier molecular flexibility index (Phi) is 6.37. The molecule has 11 nitrogen and oxygen atoms in total. The Balaban J connectivity index is 2.06. The zero-order valence-corrected chi connectivity index (χ0v) is 17.7. The van der Waals surface area contributed by atoms with E-state index in [0.29, 0.717) is 11.3 Å². The number of rotatable bonds is 6. The van der Waals surface area contributed by atoms with Crippen LogP contribution in [-0.4, -0.2) is 29.7 Å². The second-order valence-corrected chi connectivity index (χ2v) is 7.09. The van der Waals surface area contributed by atoms with E-state index >= 15 is 0 Å². The number of carbonyl (C=O) groups is 2. The van der Waals surface area contributed by atoms with E-state index in [4.69, 9.17) is 18.3 Å². The molecule has 2 aromatic rings. The van der Waals surface area contributed by atoms with Crippen LogP contribution < -0.4 is 5.82 Å². The van der Waals surface area contributed by atoms with Gasteiger partial charge in [0.1, 0.15) is 5.92 Å². The lowest BCUT2D eigenvalue weighted by Gasteiger charge is -2.31. The van der Waals surface area contributed by atoms with Crippen LogP contribution in [-0.2, 0) is 25.7 Å². The maximum atomic E-state index is 13.1. The van der Waals surface area contributed by atoms with Crippen LogP contribution in [0.3, 0.4) is 0 Å². The van der Waals surface area contributed by atoms with Gasteiger partial charge in [-0.1, -0.05) is 12.1 Å². The molecule has 168 valence electrons. The van der Waals surface area contributed by atoms with Gasteiger partial charge in [0.25, 0.3) is 5.69 Å². The highest BCUT2D eigenvalue weighted by molar-refractivity contribution is 6.07. The van der Waals surface area contributed by atoms with Crippen LogP contribution in [0.15, 0.2) is 54.2 Å². The summed E-state index contributed by atoms with van der Waals surface area (Å²) in [6.07, 6.45) is 0. The van der Waals surface area contributed by atoms with Gasteiger partial charge in [-0.15, -0.1) is 0 Å². The quantitative estimate of drug-likeness (QED) is 0.372. The number of nitro benzene ring substituents is 1. The van der Waals surface area contributed by atoms with Crippen molar-refractivity contribution in [2.75, 3.05) is 7.11 Å². The molecule has 0 radical (unpaired) electrons. The first-order chi connectivity index (χ1) is 15.1. The van der Waals surface area contributed by atoms with Crippen LogP contribution in [0.4, 0.5) is 5.69 Å². The molecule has 1 aromatic heterocycles. The van der Waals surface area contributed by atoms with E-state index in [1.165, 1.54) is 32.2 Å². The summed E-state index contributed by atoms with van der Waals surface area (Å²) in [6.45, 7) is 4.27. The number of methoxy groups -OCH3 is 1. The van der Waals surface area contributed by atoms with Gasteiger partial charge in [0, 0.05) is 29.5 Å². The molecule has 0 fully saturated rings. The average Bonchev–Trinajstić information content (AvgIpc) is 3.07. The first kappa shape index (κ1) is 22.7. The fraction of sp³-hybridized carbons (Fsp3) is 0.333. The Morgan fingerprint density at radius 3 is 2.53 bits per heavy atom. The Morgan fingerprint density at radius 1 is 1.22 bits per heavy atom. The molecule has 2 unspecified atom stereocenters. The normalized spacial score (nSPS) is 18.2. The lowest BCUT2D eigenvalue weighted by atomic mass is 9.75. The molecule has 3 rings (SSSR count). The van der Waals surface area contributed by atoms with Crippen molar-refractivity contribution in [1.29, 1.82) is 0 Å². The standard InChI is InChI=1S/C21H20N2O9/c1-10-16(19(24)29-4)18(13-6-5-7-14(8-13)23(27)28)17(11(2)22-10)20(25)30-9-15-12(3)31-21(26)32-15/h5-8,16,18H,9H2,1-4H3. The van der Waals surface area contributed by atoms with Gasteiger partial charge in [-0.3, -0.25) is 19.9 Å². The first-order valence-corrected chi connectivity index (χ1v) is 9.48. The third-order valence-electron chi connectivity index (χ3n) is 5.11. The van der Waals surface area contributed by atoms with Crippen molar-refractivity contribution >= 4 is 23.3 Å². The number of aliphatic imine (C=N–C) groups is 1. The number of carbonyl (C=O) groups excluding carboxylic acids is 2. The Morgan fingerprint density at radius 2 is 1.94 bits per heavy atom. The van der Waals surface area contributed by atoms with Crippen molar-refractivity contribution in [3.05, 3.63) is 73.4 Å². The van der Waals surface area contributed by atoms with E-state index in [9.17, 15) is 24.5 Å². The number of allylic oxidation sites excluding steroid dienone is 1. The van der Waals surface area contributed by atoms with Gasteiger partial charge in [-0.05, 0) is 26.3 Å². The Bertz CT molecular complexity index is 1200. The lowest BCUT2D eigenvalue weighted by Crippen LogP contribution is -2.36. The van der Waals surface area contributed by atoms with Gasteiger partial charge in [0.2, 0.25) is 0 Å². The van der Waals surface area contributed by atoms with Gasteiger partial charge in [-0.25, -0.2) is 9.59 Å². The van der Waals surface area contributed by atoms with Crippen molar-refractivity contribution in [2.45, 2.75) is 33.3 Å². The molecule has 2 heterocycles. The fourth-order valence-electron chi connectivity index (χ4n) is 3.64. The minimum Gasteiger partial charge on any atom is -0.468 e. The average molecular weight is 444 g/mol. The zero-order chi connectivity index (χ0) is 23.6. The molecule has 32 heavy (non-hydrogen) atoms. The van der Waals surface area contributed by atoms with Crippen LogP contribution in [0, 0.1) is 23.0 Å². The van der Waals surface area contributed by atoms with Crippen LogP contribution in [0.5, 0.6) is 0 Å². The maximum Gasteiger partial charge on any atom is 0.519 e. The molecule has 0 saturated heterocycles. The molecular formula is C21H20N2O9. The van der Waals surface area contributed by atoms with Crippen LogP contribution in [0.2, 0.25) is 0 Å². The van der Waals surface area contributed by atoms with Crippen molar-refractivity contribution in [3.63, 3.8) is 0 Å². The molecule has 11 heteroatoms. The molecule has 0 spiro atoms. The largest absolute Gasteiger partial charge is 0.519 e. The third-order valence-corrected chi connectivity index (χ3v) is 5.11. The van der Waals surface area contributed by atoms with Gasteiger partial charge in [-0.2, -0.15) is 0 Å². The predicted molar refractivity (Wildman–Crippen MR) is 109 cm³/mol. The highest BCUT2D eigenvalue weighted by atomic mass is 16.6. The third kappa shape index (κ3) is 4.36. The molecule has 0 N–H and O–H groups in total. The molecule has 0 amide bonds. The topological polar surface area (TPSA) is 151 Å². The maximum absolute atomic E-state index is 13.1. The van der Waals surface area contributed by atoms with Crippen LogP contribution >= 0.6 is 0 Å². The van der Waals surface area contributed by atoms with Gasteiger partial charge in [0.15, 0.2) is 18.1 Å². The number of nitrogens with zero attached hydrogens (tertiary/aromatic N) is 2. The van der Waals surface area contributed by atoms with E-state index < -0.39 is 34.5 Å². The minimum atomic E-state index is -0.998. The summed E-state index contributed by atoms with van der Waals surface area (Å²) in [7, 11) is 1.20. The van der Waals surface area contributed by atoms with E-state index in [1.807, 2.05) is 0 Å². The van der Waals surface area contributed by atoms with E-state index in [1.54, 1.807) is 19.9 Å². The highest BCUT2D eigenvalue weighted by Gasteiger charge is 2.42. The summed E-state index contributed by atoms with van der Waals surface area (Å²) >= 11 is 0. The fourth-order valence-corrected chi connectivity index (χ4v) is 3.64. The molecule has 2 atom stereocenters. The van der Waals surface area contributed by atoms with E-state index in [-0.39, 0.29) is 35.1 Å². The number of benzene rings is 1. The zero-order valence-electron chi connectivity index (χ0n) is 17.7. The number of aryl methyl sites for hydroxylation is 1. The SMILES string of the molecule is COC(=O)C1C(C)=NC(C)=C(C(=O)OCc2oc(=O)oc2C)C1c1cccc([N+](=O)[O-])c1. The summed E-state index contributed by atoms with van der Waals surface area (Å²) < 4.78 is 19.8. The second-order valence-electron chi connectivity index (χ2n) is 7.09. The number of non-ortho nitro benzene ring substituents is 1. The van der Waals surface area contributed by atoms with E-state index in [2.05, 4.69) is 4.99 Å². The van der Waals surface area contributed by atoms with E-state index in [0.717, 1.165) is 0 Å². The monoisotopic (exact) mass is 444 g/mol. The van der Waals surface area contributed by atoms with Gasteiger partial charge < -0.3 is 18.3 Å². The predicted octanol–water partition coefficient (Wildman–Crippen LogP) is 2.81. The number of esters is 2. The summed E-state index contributed by atoms with van der Waals surface area (Å²) in [4.78, 5) is 51.9. The van der Waals surface area contributed by atoms with Crippen molar-refractivity contribution in [1.82, 2.24) is 0 Å². The van der Waals surface area contributed by atoms with Crippen molar-refractivity contribution < 1.29 is 32.8 Å². The highest BCUT2D eigenvalue weighted by Crippen LogP contribution is 2.41. The number of hydrogen-bond donors (Lipinski definition) is 0. The molecule has 1 aliphatic heterocycles. The van der Waals surface area contributed by atoms with Crippen molar-refractivity contribution in [3.8, 4) is 0 Å². The molecule has 0 saturated carbocycles.